The Hall–Kier alpha value is -2.69. The minimum Gasteiger partial charge on any atom is -0.454 e. The monoisotopic (exact) mass is 349 g/mol. The van der Waals surface area contributed by atoms with E-state index in [9.17, 15) is 0 Å². The fraction of sp³-hybridized carbons (Fsp3) is 0.381. The highest BCUT2D eigenvalue weighted by atomic mass is 16.7. The van der Waals surface area contributed by atoms with Gasteiger partial charge in [-0.3, -0.25) is 4.40 Å². The molecular formula is C21H23N3O2. The molecule has 1 fully saturated rings. The molecule has 5 heteroatoms. The van der Waals surface area contributed by atoms with Crippen molar-refractivity contribution in [1.82, 2.24) is 9.38 Å². The quantitative estimate of drug-likeness (QED) is 0.739. The van der Waals surface area contributed by atoms with Gasteiger partial charge in [-0.25, -0.2) is 4.98 Å². The Morgan fingerprint density at radius 1 is 1.08 bits per heavy atom. The van der Waals surface area contributed by atoms with Crippen LogP contribution in [0.25, 0.3) is 16.9 Å². The summed E-state index contributed by atoms with van der Waals surface area (Å²) in [6.45, 7) is 2.40. The van der Waals surface area contributed by atoms with Crippen molar-refractivity contribution in [2.24, 2.45) is 0 Å². The van der Waals surface area contributed by atoms with E-state index in [0.717, 1.165) is 34.2 Å². The molecule has 3 heterocycles. The summed E-state index contributed by atoms with van der Waals surface area (Å²) in [6, 6.07) is 10.8. The summed E-state index contributed by atoms with van der Waals surface area (Å²) in [5.74, 6) is 2.67. The average Bonchev–Trinajstić information content (AvgIpc) is 3.28. The van der Waals surface area contributed by atoms with Gasteiger partial charge in [0.05, 0.1) is 0 Å². The molecule has 1 N–H and O–H groups in total. The molecule has 1 aliphatic heterocycles. The van der Waals surface area contributed by atoms with Gasteiger partial charge in [-0.05, 0) is 49.6 Å². The Balaban J connectivity index is 1.63. The van der Waals surface area contributed by atoms with E-state index in [1.165, 1.54) is 37.7 Å². The second kappa shape index (κ2) is 6.24. The maximum Gasteiger partial charge on any atom is 0.231 e. The van der Waals surface area contributed by atoms with Gasteiger partial charge < -0.3 is 14.8 Å². The molecule has 0 bridgehead atoms. The second-order valence-corrected chi connectivity index (χ2v) is 7.24. The molecule has 0 atom stereocenters. The lowest BCUT2D eigenvalue weighted by molar-refractivity contribution is 0.174. The van der Waals surface area contributed by atoms with Crippen LogP contribution in [0, 0.1) is 6.92 Å². The first-order chi connectivity index (χ1) is 12.8. The van der Waals surface area contributed by atoms with E-state index < -0.39 is 0 Å². The molecule has 5 nitrogen and oxygen atoms in total. The largest absolute Gasteiger partial charge is 0.454 e. The Morgan fingerprint density at radius 2 is 1.92 bits per heavy atom. The van der Waals surface area contributed by atoms with Crippen molar-refractivity contribution in [3.63, 3.8) is 0 Å². The zero-order chi connectivity index (χ0) is 17.5. The normalized spacial score (nSPS) is 17.0. The third-order valence-electron chi connectivity index (χ3n) is 5.44. The number of nitrogens with zero attached hydrogens (tertiary/aromatic N) is 2. The van der Waals surface area contributed by atoms with Gasteiger partial charge in [0, 0.05) is 17.8 Å². The van der Waals surface area contributed by atoms with E-state index in [1.807, 2.05) is 12.1 Å². The summed E-state index contributed by atoms with van der Waals surface area (Å²) >= 11 is 0. The van der Waals surface area contributed by atoms with Crippen LogP contribution < -0.4 is 14.8 Å². The van der Waals surface area contributed by atoms with Crippen LogP contribution in [0.15, 0.2) is 36.5 Å². The summed E-state index contributed by atoms with van der Waals surface area (Å²) in [7, 11) is 0. The van der Waals surface area contributed by atoms with Crippen molar-refractivity contribution in [2.45, 2.75) is 45.1 Å². The van der Waals surface area contributed by atoms with Gasteiger partial charge in [-0.2, -0.15) is 0 Å². The highest BCUT2D eigenvalue weighted by Gasteiger charge is 2.22. The molecular weight excluding hydrogens is 326 g/mol. The van der Waals surface area contributed by atoms with Crippen molar-refractivity contribution >= 4 is 11.5 Å². The zero-order valence-corrected chi connectivity index (χ0v) is 15.0. The second-order valence-electron chi connectivity index (χ2n) is 7.24. The summed E-state index contributed by atoms with van der Waals surface area (Å²) in [5, 5.41) is 3.79. The minimum absolute atomic E-state index is 0.288. The summed E-state index contributed by atoms with van der Waals surface area (Å²) in [5.41, 5.74) is 4.20. The number of benzene rings is 1. The Morgan fingerprint density at radius 3 is 2.81 bits per heavy atom. The Labute approximate surface area is 153 Å². The lowest BCUT2D eigenvalue weighted by Gasteiger charge is -2.24. The smallest absolute Gasteiger partial charge is 0.231 e. The van der Waals surface area contributed by atoms with Crippen LogP contribution in [0.4, 0.5) is 5.82 Å². The molecule has 0 spiro atoms. The molecule has 3 aromatic rings. The number of hydrogen-bond donors (Lipinski definition) is 1. The standard InChI is InChI=1S/C21H23N3O2/c1-14-6-5-11-24-20(14)23-19(21(24)22-16-7-3-2-4-8-16)15-9-10-17-18(12-15)26-13-25-17/h5-6,9-12,16,22H,2-4,7-8,13H2,1H3. The first kappa shape index (κ1) is 15.6. The number of pyridine rings is 1. The van der Waals surface area contributed by atoms with Crippen LogP contribution in [-0.4, -0.2) is 22.2 Å². The SMILES string of the molecule is Cc1cccn2c(NC3CCCCC3)c(-c3ccc4c(c3)OCO4)nc12. The van der Waals surface area contributed by atoms with Crippen LogP contribution in [0.2, 0.25) is 0 Å². The lowest BCUT2D eigenvalue weighted by atomic mass is 9.95. The molecule has 0 radical (unpaired) electrons. The molecule has 1 saturated carbocycles. The third-order valence-corrected chi connectivity index (χ3v) is 5.44. The fourth-order valence-corrected chi connectivity index (χ4v) is 4.03. The summed E-state index contributed by atoms with van der Waals surface area (Å²) in [4.78, 5) is 4.98. The van der Waals surface area contributed by atoms with E-state index >= 15 is 0 Å². The molecule has 0 amide bonds. The summed E-state index contributed by atoms with van der Waals surface area (Å²) < 4.78 is 13.2. The Bertz CT molecular complexity index is 957. The van der Waals surface area contributed by atoms with Crippen molar-refractivity contribution in [1.29, 1.82) is 0 Å². The zero-order valence-electron chi connectivity index (χ0n) is 15.0. The molecule has 0 unspecified atom stereocenters. The molecule has 5 rings (SSSR count). The number of ether oxygens (including phenoxy) is 2. The van der Waals surface area contributed by atoms with Gasteiger partial charge in [-0.1, -0.05) is 25.3 Å². The fourth-order valence-electron chi connectivity index (χ4n) is 4.03. The molecule has 2 aromatic heterocycles. The average molecular weight is 349 g/mol. The third kappa shape index (κ3) is 2.59. The van der Waals surface area contributed by atoms with Crippen molar-refractivity contribution in [3.05, 3.63) is 42.1 Å². The highest BCUT2D eigenvalue weighted by Crippen LogP contribution is 2.39. The van der Waals surface area contributed by atoms with Crippen LogP contribution >= 0.6 is 0 Å². The number of imidazole rings is 1. The minimum atomic E-state index is 0.288. The maximum atomic E-state index is 5.57. The van der Waals surface area contributed by atoms with Gasteiger partial charge in [0.2, 0.25) is 6.79 Å². The van der Waals surface area contributed by atoms with E-state index in [1.54, 1.807) is 0 Å². The summed E-state index contributed by atoms with van der Waals surface area (Å²) in [6.07, 6.45) is 8.48. The Kier molecular flexibility index (Phi) is 3.73. The number of aromatic nitrogens is 2. The maximum absolute atomic E-state index is 5.57. The van der Waals surface area contributed by atoms with Crippen molar-refractivity contribution in [3.8, 4) is 22.8 Å². The van der Waals surface area contributed by atoms with E-state index in [4.69, 9.17) is 14.5 Å². The van der Waals surface area contributed by atoms with Gasteiger partial charge in [-0.15, -0.1) is 0 Å². The number of hydrogen-bond acceptors (Lipinski definition) is 4. The van der Waals surface area contributed by atoms with E-state index in [2.05, 4.69) is 41.0 Å². The number of aryl methyl sites for hydroxylation is 1. The number of nitrogens with one attached hydrogen (secondary N) is 1. The predicted molar refractivity (Wildman–Crippen MR) is 102 cm³/mol. The van der Waals surface area contributed by atoms with Crippen molar-refractivity contribution in [2.75, 3.05) is 12.1 Å². The molecule has 1 aliphatic carbocycles. The first-order valence-corrected chi connectivity index (χ1v) is 9.44. The molecule has 26 heavy (non-hydrogen) atoms. The molecule has 0 saturated heterocycles. The van der Waals surface area contributed by atoms with Gasteiger partial charge in [0.15, 0.2) is 11.5 Å². The van der Waals surface area contributed by atoms with Crippen LogP contribution in [0.5, 0.6) is 11.5 Å². The molecule has 2 aliphatic rings. The van der Waals surface area contributed by atoms with E-state index in [-0.39, 0.29) is 6.79 Å². The number of anilines is 1. The van der Waals surface area contributed by atoms with Gasteiger partial charge in [0.1, 0.15) is 17.2 Å². The van der Waals surface area contributed by atoms with Crippen LogP contribution in [0.1, 0.15) is 37.7 Å². The topological polar surface area (TPSA) is 47.8 Å². The number of fused-ring (bicyclic) bond motifs is 2. The van der Waals surface area contributed by atoms with Gasteiger partial charge in [0.25, 0.3) is 0 Å². The molecule has 1 aromatic carbocycles. The van der Waals surface area contributed by atoms with Gasteiger partial charge >= 0.3 is 0 Å². The highest BCUT2D eigenvalue weighted by molar-refractivity contribution is 5.79. The lowest BCUT2D eigenvalue weighted by Crippen LogP contribution is -2.23. The van der Waals surface area contributed by atoms with E-state index in [0.29, 0.717) is 6.04 Å². The number of rotatable bonds is 3. The van der Waals surface area contributed by atoms with Crippen LogP contribution in [-0.2, 0) is 0 Å². The predicted octanol–water partition coefficient (Wildman–Crippen LogP) is 4.78. The first-order valence-electron chi connectivity index (χ1n) is 9.44. The van der Waals surface area contributed by atoms with Crippen LogP contribution in [0.3, 0.4) is 0 Å². The molecule has 134 valence electrons. The van der Waals surface area contributed by atoms with Crippen molar-refractivity contribution < 1.29 is 9.47 Å².